The van der Waals surface area contributed by atoms with Crippen molar-refractivity contribution in [3.8, 4) is 5.75 Å². The first kappa shape index (κ1) is 13.4. The molecule has 1 aliphatic carbocycles. The van der Waals surface area contributed by atoms with E-state index >= 15 is 0 Å². The van der Waals surface area contributed by atoms with Crippen LogP contribution >= 0.6 is 0 Å². The van der Waals surface area contributed by atoms with Gasteiger partial charge in [-0.1, -0.05) is 31.9 Å². The normalized spacial score (nSPS) is 17.9. The molecular weight excluding hydrogens is 222 g/mol. The van der Waals surface area contributed by atoms with E-state index in [-0.39, 0.29) is 0 Å². The van der Waals surface area contributed by atoms with Gasteiger partial charge in [-0.05, 0) is 49.4 Å². The molecule has 1 aliphatic rings. The minimum atomic E-state index is 0.483. The Bertz CT molecular complexity index is 341. The summed E-state index contributed by atoms with van der Waals surface area (Å²) in [5.41, 5.74) is 1.37. The second-order valence-corrected chi connectivity index (χ2v) is 5.29. The van der Waals surface area contributed by atoms with Gasteiger partial charge in [-0.15, -0.1) is 0 Å². The minimum absolute atomic E-state index is 0.483. The molecule has 2 heteroatoms. The van der Waals surface area contributed by atoms with Gasteiger partial charge in [-0.3, -0.25) is 0 Å². The molecule has 1 atom stereocenters. The highest BCUT2D eigenvalue weighted by Crippen LogP contribution is 2.26. The molecule has 0 aliphatic heterocycles. The van der Waals surface area contributed by atoms with Crippen molar-refractivity contribution in [2.75, 3.05) is 13.7 Å². The number of hydrogen-bond acceptors (Lipinski definition) is 2. The van der Waals surface area contributed by atoms with E-state index < -0.39 is 0 Å². The van der Waals surface area contributed by atoms with Gasteiger partial charge in [0.2, 0.25) is 0 Å². The zero-order valence-corrected chi connectivity index (χ0v) is 11.6. The van der Waals surface area contributed by atoms with Crippen molar-refractivity contribution >= 4 is 0 Å². The molecule has 1 saturated carbocycles. The van der Waals surface area contributed by atoms with Crippen LogP contribution in [0.1, 0.15) is 50.6 Å². The van der Waals surface area contributed by atoms with Crippen molar-refractivity contribution in [2.24, 2.45) is 5.92 Å². The highest BCUT2D eigenvalue weighted by Gasteiger charge is 2.16. The molecule has 1 N–H and O–H groups in total. The second kappa shape index (κ2) is 6.79. The first-order chi connectivity index (χ1) is 8.83. The lowest BCUT2D eigenvalue weighted by molar-refractivity contribution is 0.412. The molecule has 18 heavy (non-hydrogen) atoms. The third-order valence-electron chi connectivity index (χ3n) is 4.05. The van der Waals surface area contributed by atoms with Crippen LogP contribution in [0.3, 0.4) is 0 Å². The number of rotatable bonds is 6. The SMILES string of the molecule is CCC(NCC1CCCC1)c1ccc(OC)cc1. The third-order valence-corrected chi connectivity index (χ3v) is 4.05. The molecule has 0 saturated heterocycles. The third kappa shape index (κ3) is 3.49. The Labute approximate surface area is 111 Å². The van der Waals surface area contributed by atoms with Crippen LogP contribution in [-0.4, -0.2) is 13.7 Å². The molecule has 0 aromatic heterocycles. The second-order valence-electron chi connectivity index (χ2n) is 5.29. The van der Waals surface area contributed by atoms with Gasteiger partial charge in [0.1, 0.15) is 5.75 Å². The Balaban J connectivity index is 1.89. The summed E-state index contributed by atoms with van der Waals surface area (Å²) in [6.45, 7) is 3.42. The van der Waals surface area contributed by atoms with Gasteiger partial charge in [0.25, 0.3) is 0 Å². The number of methoxy groups -OCH3 is 1. The maximum atomic E-state index is 5.20. The quantitative estimate of drug-likeness (QED) is 0.822. The average molecular weight is 247 g/mol. The van der Waals surface area contributed by atoms with Crippen LogP contribution in [-0.2, 0) is 0 Å². The van der Waals surface area contributed by atoms with E-state index in [9.17, 15) is 0 Å². The predicted molar refractivity (Wildman–Crippen MR) is 76.0 cm³/mol. The standard InChI is InChI=1S/C16H25NO/c1-3-16(17-12-13-6-4-5-7-13)14-8-10-15(18-2)11-9-14/h8-11,13,16-17H,3-7,12H2,1-2H3. The molecule has 1 unspecified atom stereocenters. The van der Waals surface area contributed by atoms with Crippen LogP contribution in [0.15, 0.2) is 24.3 Å². The van der Waals surface area contributed by atoms with Gasteiger partial charge in [0, 0.05) is 6.04 Å². The lowest BCUT2D eigenvalue weighted by Crippen LogP contribution is -2.26. The fourth-order valence-electron chi connectivity index (χ4n) is 2.86. The van der Waals surface area contributed by atoms with Crippen LogP contribution in [0.4, 0.5) is 0 Å². The monoisotopic (exact) mass is 247 g/mol. The summed E-state index contributed by atoms with van der Waals surface area (Å²) >= 11 is 0. The van der Waals surface area contributed by atoms with Crippen LogP contribution in [0.25, 0.3) is 0 Å². The van der Waals surface area contributed by atoms with Crippen LogP contribution in [0, 0.1) is 5.92 Å². The molecule has 0 amide bonds. The summed E-state index contributed by atoms with van der Waals surface area (Å²) in [7, 11) is 1.71. The van der Waals surface area contributed by atoms with Crippen molar-refractivity contribution in [1.82, 2.24) is 5.32 Å². The van der Waals surface area contributed by atoms with Crippen molar-refractivity contribution in [2.45, 2.75) is 45.1 Å². The molecule has 1 fully saturated rings. The van der Waals surface area contributed by atoms with Crippen LogP contribution in [0.2, 0.25) is 0 Å². The highest BCUT2D eigenvalue weighted by atomic mass is 16.5. The van der Waals surface area contributed by atoms with Gasteiger partial charge in [0.05, 0.1) is 7.11 Å². The van der Waals surface area contributed by atoms with E-state index in [2.05, 4.69) is 36.5 Å². The molecular formula is C16H25NO. The number of ether oxygens (including phenoxy) is 1. The molecule has 0 radical (unpaired) electrons. The smallest absolute Gasteiger partial charge is 0.118 e. The van der Waals surface area contributed by atoms with Gasteiger partial charge in [-0.2, -0.15) is 0 Å². The largest absolute Gasteiger partial charge is 0.497 e. The van der Waals surface area contributed by atoms with Crippen LogP contribution < -0.4 is 10.1 Å². The van der Waals surface area contributed by atoms with E-state index in [1.54, 1.807) is 7.11 Å². The number of nitrogens with one attached hydrogen (secondary N) is 1. The van der Waals surface area contributed by atoms with Gasteiger partial charge in [0.15, 0.2) is 0 Å². The van der Waals surface area contributed by atoms with E-state index in [4.69, 9.17) is 4.74 Å². The molecule has 100 valence electrons. The molecule has 1 aromatic rings. The Morgan fingerprint density at radius 2 is 1.89 bits per heavy atom. The summed E-state index contributed by atoms with van der Waals surface area (Å²) in [4.78, 5) is 0. The Hall–Kier alpha value is -1.02. The molecule has 2 rings (SSSR count). The van der Waals surface area contributed by atoms with E-state index in [0.29, 0.717) is 6.04 Å². The van der Waals surface area contributed by atoms with Gasteiger partial charge in [-0.25, -0.2) is 0 Å². The van der Waals surface area contributed by atoms with Gasteiger partial charge >= 0.3 is 0 Å². The van der Waals surface area contributed by atoms with Gasteiger partial charge < -0.3 is 10.1 Å². The van der Waals surface area contributed by atoms with Crippen molar-refractivity contribution in [3.63, 3.8) is 0 Å². The molecule has 1 aromatic carbocycles. The number of benzene rings is 1. The predicted octanol–water partition coefficient (Wildman–Crippen LogP) is 3.93. The summed E-state index contributed by atoms with van der Waals surface area (Å²) in [6, 6.07) is 8.94. The lowest BCUT2D eigenvalue weighted by atomic mass is 10.0. The van der Waals surface area contributed by atoms with Crippen molar-refractivity contribution in [1.29, 1.82) is 0 Å². The topological polar surface area (TPSA) is 21.3 Å². The first-order valence-electron chi connectivity index (χ1n) is 7.20. The summed E-state index contributed by atoms with van der Waals surface area (Å²) < 4.78 is 5.20. The van der Waals surface area contributed by atoms with E-state index in [1.165, 1.54) is 37.8 Å². The minimum Gasteiger partial charge on any atom is -0.497 e. The van der Waals surface area contributed by atoms with E-state index in [1.807, 2.05) is 0 Å². The summed E-state index contributed by atoms with van der Waals surface area (Å²) in [6.07, 6.45) is 6.80. The fourth-order valence-corrected chi connectivity index (χ4v) is 2.86. The van der Waals surface area contributed by atoms with Crippen molar-refractivity contribution in [3.05, 3.63) is 29.8 Å². The van der Waals surface area contributed by atoms with Crippen LogP contribution in [0.5, 0.6) is 5.75 Å². The molecule has 2 nitrogen and oxygen atoms in total. The Morgan fingerprint density at radius 3 is 2.44 bits per heavy atom. The Morgan fingerprint density at radius 1 is 1.22 bits per heavy atom. The molecule has 0 heterocycles. The zero-order chi connectivity index (χ0) is 12.8. The maximum Gasteiger partial charge on any atom is 0.118 e. The lowest BCUT2D eigenvalue weighted by Gasteiger charge is -2.20. The fraction of sp³-hybridized carbons (Fsp3) is 0.625. The highest BCUT2D eigenvalue weighted by molar-refractivity contribution is 5.29. The first-order valence-corrected chi connectivity index (χ1v) is 7.20. The molecule has 0 spiro atoms. The Kier molecular flexibility index (Phi) is 5.06. The molecule has 0 bridgehead atoms. The summed E-state index contributed by atoms with van der Waals surface area (Å²) in [5.74, 6) is 1.83. The number of hydrogen-bond donors (Lipinski definition) is 1. The van der Waals surface area contributed by atoms with Crippen molar-refractivity contribution < 1.29 is 4.74 Å². The average Bonchev–Trinajstić information content (AvgIpc) is 2.93. The van der Waals surface area contributed by atoms with E-state index in [0.717, 1.165) is 18.1 Å². The summed E-state index contributed by atoms with van der Waals surface area (Å²) in [5, 5.41) is 3.72. The zero-order valence-electron chi connectivity index (χ0n) is 11.6. The maximum absolute atomic E-state index is 5.20.